The van der Waals surface area contributed by atoms with Gasteiger partial charge < -0.3 is 4.90 Å². The second-order valence-electron chi connectivity index (χ2n) is 4.34. The van der Waals surface area contributed by atoms with E-state index in [0.29, 0.717) is 0 Å². The van der Waals surface area contributed by atoms with Gasteiger partial charge in [-0.15, -0.1) is 0 Å². The molecule has 0 N–H and O–H groups in total. The van der Waals surface area contributed by atoms with Gasteiger partial charge >= 0.3 is 0 Å². The highest BCUT2D eigenvalue weighted by atomic mass is 15.0. The maximum atomic E-state index is 2.27. The van der Waals surface area contributed by atoms with Crippen LogP contribution in [0.1, 0.15) is 22.3 Å². The molecule has 0 saturated heterocycles. The van der Waals surface area contributed by atoms with E-state index >= 15 is 0 Å². The Balaban J connectivity index is 2.83. The van der Waals surface area contributed by atoms with Crippen LogP contribution in [0.25, 0.3) is 0 Å². The van der Waals surface area contributed by atoms with Crippen molar-refractivity contribution >= 4 is 0 Å². The molecule has 0 aliphatic heterocycles. The molecule has 0 heterocycles. The zero-order chi connectivity index (χ0) is 10.7. The van der Waals surface area contributed by atoms with E-state index in [1.54, 1.807) is 0 Å². The molecular formula is C13H21N. The van der Waals surface area contributed by atoms with Gasteiger partial charge in [0.1, 0.15) is 0 Å². The zero-order valence-electron chi connectivity index (χ0n) is 10.0. The second-order valence-corrected chi connectivity index (χ2v) is 4.34. The number of rotatable bonds is 3. The molecule has 78 valence electrons. The van der Waals surface area contributed by atoms with Crippen LogP contribution in [0.15, 0.2) is 12.1 Å². The van der Waals surface area contributed by atoms with Gasteiger partial charge in [0.15, 0.2) is 0 Å². The lowest BCUT2D eigenvalue weighted by molar-refractivity contribution is 0.413. The second kappa shape index (κ2) is 4.61. The highest BCUT2D eigenvalue weighted by molar-refractivity contribution is 5.38. The van der Waals surface area contributed by atoms with E-state index in [1.165, 1.54) is 22.3 Å². The van der Waals surface area contributed by atoms with Gasteiger partial charge in [0, 0.05) is 6.54 Å². The highest BCUT2D eigenvalue weighted by Crippen LogP contribution is 2.17. The standard InChI is InChI=1S/C13H21N/c1-10-6-7-13(8-9-14(4)5)12(3)11(10)2/h6-7H,8-9H2,1-5H3. The van der Waals surface area contributed by atoms with Crippen molar-refractivity contribution in [1.82, 2.24) is 4.90 Å². The quantitative estimate of drug-likeness (QED) is 0.710. The number of hydrogen-bond acceptors (Lipinski definition) is 1. The maximum Gasteiger partial charge on any atom is 0.00158 e. The molecule has 0 saturated carbocycles. The smallest absolute Gasteiger partial charge is 0.00158 e. The zero-order valence-corrected chi connectivity index (χ0v) is 10.0. The first-order valence-corrected chi connectivity index (χ1v) is 5.22. The molecule has 1 heteroatoms. The van der Waals surface area contributed by atoms with E-state index in [2.05, 4.69) is 51.9 Å². The van der Waals surface area contributed by atoms with Gasteiger partial charge in [0.05, 0.1) is 0 Å². The number of nitrogens with zero attached hydrogens (tertiary/aromatic N) is 1. The third-order valence-electron chi connectivity index (χ3n) is 3.00. The molecule has 0 aromatic heterocycles. The summed E-state index contributed by atoms with van der Waals surface area (Å²) in [5.41, 5.74) is 5.80. The fraction of sp³-hybridized carbons (Fsp3) is 0.538. The molecule has 14 heavy (non-hydrogen) atoms. The van der Waals surface area contributed by atoms with Crippen LogP contribution in [-0.2, 0) is 6.42 Å². The SMILES string of the molecule is Cc1ccc(CCN(C)C)c(C)c1C. The molecule has 0 unspecified atom stereocenters. The number of aryl methyl sites for hydroxylation is 1. The van der Waals surface area contributed by atoms with Crippen LogP contribution in [0.5, 0.6) is 0 Å². The van der Waals surface area contributed by atoms with Gasteiger partial charge in [-0.1, -0.05) is 12.1 Å². The summed E-state index contributed by atoms with van der Waals surface area (Å²) in [5.74, 6) is 0. The van der Waals surface area contributed by atoms with Gasteiger partial charge in [-0.3, -0.25) is 0 Å². The van der Waals surface area contributed by atoms with E-state index in [-0.39, 0.29) is 0 Å². The van der Waals surface area contributed by atoms with Crippen LogP contribution in [0.2, 0.25) is 0 Å². The van der Waals surface area contributed by atoms with Crippen molar-refractivity contribution in [2.75, 3.05) is 20.6 Å². The Morgan fingerprint density at radius 1 is 1.00 bits per heavy atom. The first-order chi connectivity index (χ1) is 6.52. The Bertz CT molecular complexity index is 313. The van der Waals surface area contributed by atoms with Crippen molar-refractivity contribution in [2.45, 2.75) is 27.2 Å². The lowest BCUT2D eigenvalue weighted by atomic mass is 9.97. The third-order valence-corrected chi connectivity index (χ3v) is 3.00. The van der Waals surface area contributed by atoms with Gasteiger partial charge in [-0.2, -0.15) is 0 Å². The van der Waals surface area contributed by atoms with Crippen molar-refractivity contribution in [3.63, 3.8) is 0 Å². The fourth-order valence-corrected chi connectivity index (χ4v) is 1.63. The molecule has 0 bridgehead atoms. The van der Waals surface area contributed by atoms with E-state index in [0.717, 1.165) is 13.0 Å². The van der Waals surface area contributed by atoms with Crippen LogP contribution in [0.3, 0.4) is 0 Å². The molecular weight excluding hydrogens is 170 g/mol. The molecule has 1 rings (SSSR count). The summed E-state index contributed by atoms with van der Waals surface area (Å²) in [5, 5.41) is 0. The van der Waals surface area contributed by atoms with Gasteiger partial charge in [-0.05, 0) is 63.5 Å². The molecule has 0 spiro atoms. The summed E-state index contributed by atoms with van der Waals surface area (Å²) in [4.78, 5) is 2.23. The molecule has 0 radical (unpaired) electrons. The van der Waals surface area contributed by atoms with Gasteiger partial charge in [0.2, 0.25) is 0 Å². The Morgan fingerprint density at radius 2 is 1.64 bits per heavy atom. The number of benzene rings is 1. The van der Waals surface area contributed by atoms with Crippen molar-refractivity contribution in [3.05, 3.63) is 34.4 Å². The van der Waals surface area contributed by atoms with Crippen LogP contribution in [0, 0.1) is 20.8 Å². The topological polar surface area (TPSA) is 3.24 Å². The normalized spacial score (nSPS) is 11.0. The molecule has 1 nitrogen and oxygen atoms in total. The van der Waals surface area contributed by atoms with E-state index in [9.17, 15) is 0 Å². The van der Waals surface area contributed by atoms with Crippen molar-refractivity contribution in [2.24, 2.45) is 0 Å². The van der Waals surface area contributed by atoms with E-state index < -0.39 is 0 Å². The van der Waals surface area contributed by atoms with Crippen molar-refractivity contribution in [3.8, 4) is 0 Å². The molecule has 0 aliphatic rings. The van der Waals surface area contributed by atoms with E-state index in [4.69, 9.17) is 0 Å². The Hall–Kier alpha value is -0.820. The summed E-state index contributed by atoms with van der Waals surface area (Å²) >= 11 is 0. The van der Waals surface area contributed by atoms with Crippen molar-refractivity contribution in [1.29, 1.82) is 0 Å². The lowest BCUT2D eigenvalue weighted by Gasteiger charge is -2.13. The summed E-state index contributed by atoms with van der Waals surface area (Å²) in [6.07, 6.45) is 1.15. The average Bonchev–Trinajstić information content (AvgIpc) is 2.13. The molecule has 0 aliphatic carbocycles. The van der Waals surface area contributed by atoms with Gasteiger partial charge in [-0.25, -0.2) is 0 Å². The molecule has 1 aromatic carbocycles. The first kappa shape index (κ1) is 11.3. The molecule has 0 amide bonds. The summed E-state index contributed by atoms with van der Waals surface area (Å²) < 4.78 is 0. The number of hydrogen-bond donors (Lipinski definition) is 0. The molecule has 0 fully saturated rings. The summed E-state index contributed by atoms with van der Waals surface area (Å²) in [6.45, 7) is 7.75. The summed E-state index contributed by atoms with van der Waals surface area (Å²) in [7, 11) is 4.24. The van der Waals surface area contributed by atoms with Crippen LogP contribution in [-0.4, -0.2) is 25.5 Å². The fourth-order valence-electron chi connectivity index (χ4n) is 1.63. The number of likely N-dealkylation sites (N-methyl/N-ethyl adjacent to an activating group) is 1. The predicted octanol–water partition coefficient (Wildman–Crippen LogP) is 2.72. The van der Waals surface area contributed by atoms with Crippen LogP contribution in [0.4, 0.5) is 0 Å². The highest BCUT2D eigenvalue weighted by Gasteiger charge is 2.03. The van der Waals surface area contributed by atoms with Gasteiger partial charge in [0.25, 0.3) is 0 Å². The first-order valence-electron chi connectivity index (χ1n) is 5.22. The summed E-state index contributed by atoms with van der Waals surface area (Å²) in [6, 6.07) is 4.49. The molecule has 1 aromatic rings. The Labute approximate surface area is 87.7 Å². The minimum Gasteiger partial charge on any atom is -0.309 e. The minimum atomic E-state index is 1.13. The average molecular weight is 191 g/mol. The molecule has 0 atom stereocenters. The van der Waals surface area contributed by atoms with E-state index in [1.807, 2.05) is 0 Å². The monoisotopic (exact) mass is 191 g/mol. The lowest BCUT2D eigenvalue weighted by Crippen LogP contribution is -2.15. The maximum absolute atomic E-state index is 2.27. The minimum absolute atomic E-state index is 1.13. The van der Waals surface area contributed by atoms with Crippen molar-refractivity contribution < 1.29 is 0 Å². The van der Waals surface area contributed by atoms with Crippen LogP contribution >= 0.6 is 0 Å². The van der Waals surface area contributed by atoms with Crippen LogP contribution < -0.4 is 0 Å². The predicted molar refractivity (Wildman–Crippen MR) is 62.9 cm³/mol. The Morgan fingerprint density at radius 3 is 2.21 bits per heavy atom. The largest absolute Gasteiger partial charge is 0.309 e. The third kappa shape index (κ3) is 2.58. The Kier molecular flexibility index (Phi) is 3.70.